The first-order valence-corrected chi connectivity index (χ1v) is 4.01. The van der Waals surface area contributed by atoms with E-state index in [2.05, 4.69) is 0 Å². The summed E-state index contributed by atoms with van der Waals surface area (Å²) in [5.74, 6) is -1.33. The lowest BCUT2D eigenvalue weighted by atomic mass is 10.3. The molecule has 0 saturated heterocycles. The summed E-state index contributed by atoms with van der Waals surface area (Å²) < 4.78 is 1.09. The van der Waals surface area contributed by atoms with E-state index in [1.165, 1.54) is 6.92 Å². The van der Waals surface area contributed by atoms with Crippen molar-refractivity contribution in [1.29, 1.82) is 0 Å². The quantitative estimate of drug-likeness (QED) is 0.585. The van der Waals surface area contributed by atoms with Gasteiger partial charge in [-0.3, -0.25) is 4.98 Å². The van der Waals surface area contributed by atoms with Crippen LogP contribution in [0, 0.1) is 0 Å². The van der Waals surface area contributed by atoms with Crippen LogP contribution in [-0.2, 0) is 11.8 Å². The van der Waals surface area contributed by atoms with Gasteiger partial charge in [0.2, 0.25) is 0 Å². The summed E-state index contributed by atoms with van der Waals surface area (Å²) in [6, 6.07) is -1.33. The van der Waals surface area contributed by atoms with Crippen molar-refractivity contribution in [3.63, 3.8) is 0 Å². The number of aromatic nitrogens is 3. The summed E-state index contributed by atoms with van der Waals surface area (Å²) in [4.78, 5) is 46.0. The molecule has 0 aliphatic rings. The number of nitrogens with one attached hydrogen (secondary N) is 1. The number of aromatic amines is 1. The second-order valence-electron chi connectivity index (χ2n) is 2.96. The van der Waals surface area contributed by atoms with Gasteiger partial charge in [-0.25, -0.2) is 28.3 Å². The Kier molecular flexibility index (Phi) is 2.60. The normalized spacial score (nSPS) is 12.4. The standard InChI is InChI=1S/C7H9N3O5/c1-3(4(11)12)10-6(14)8-5(13)9(2)7(10)15/h3H,1-2H3,(H,11,12)(H,8,13,14). The molecule has 15 heavy (non-hydrogen) atoms. The molecule has 8 heteroatoms. The van der Waals surface area contributed by atoms with Crippen LogP contribution in [0.2, 0.25) is 0 Å². The van der Waals surface area contributed by atoms with Crippen molar-refractivity contribution in [1.82, 2.24) is 14.1 Å². The van der Waals surface area contributed by atoms with E-state index in [0.29, 0.717) is 9.13 Å². The minimum atomic E-state index is -1.33. The lowest BCUT2D eigenvalue weighted by Crippen LogP contribution is -2.50. The average Bonchev–Trinajstić information content (AvgIpc) is 2.14. The third-order valence-electron chi connectivity index (χ3n) is 1.98. The molecule has 1 aromatic rings. The number of H-pyrrole nitrogens is 1. The van der Waals surface area contributed by atoms with Crippen molar-refractivity contribution in [3.8, 4) is 0 Å². The summed E-state index contributed by atoms with van der Waals surface area (Å²) in [5, 5.41) is 8.64. The van der Waals surface area contributed by atoms with Crippen LogP contribution in [-0.4, -0.2) is 25.2 Å². The van der Waals surface area contributed by atoms with Crippen molar-refractivity contribution in [2.45, 2.75) is 13.0 Å². The lowest BCUT2D eigenvalue weighted by molar-refractivity contribution is -0.140. The number of carbonyl (C=O) groups is 1. The summed E-state index contributed by atoms with van der Waals surface area (Å²) in [7, 11) is 1.14. The first kappa shape index (κ1) is 11.0. The second kappa shape index (κ2) is 3.56. The van der Waals surface area contributed by atoms with Gasteiger partial charge in [-0.2, -0.15) is 0 Å². The molecule has 0 radical (unpaired) electrons. The van der Waals surface area contributed by atoms with Gasteiger partial charge in [-0.05, 0) is 6.92 Å². The second-order valence-corrected chi connectivity index (χ2v) is 2.96. The minimum Gasteiger partial charge on any atom is -0.480 e. The third kappa shape index (κ3) is 1.73. The molecule has 0 saturated carbocycles. The highest BCUT2D eigenvalue weighted by atomic mass is 16.4. The van der Waals surface area contributed by atoms with Gasteiger partial charge in [0.25, 0.3) is 0 Å². The Labute approximate surface area is 82.4 Å². The molecule has 0 aromatic carbocycles. The topological polar surface area (TPSA) is 114 Å². The molecule has 0 aliphatic carbocycles. The van der Waals surface area contributed by atoms with E-state index in [1.807, 2.05) is 4.98 Å². The zero-order valence-electron chi connectivity index (χ0n) is 8.05. The summed E-state index contributed by atoms with van der Waals surface area (Å²) in [6.07, 6.45) is 0. The van der Waals surface area contributed by atoms with Crippen LogP contribution in [0.4, 0.5) is 0 Å². The maximum atomic E-state index is 11.4. The lowest BCUT2D eigenvalue weighted by Gasteiger charge is -2.09. The number of hydrogen-bond donors (Lipinski definition) is 2. The highest BCUT2D eigenvalue weighted by Gasteiger charge is 2.19. The Morgan fingerprint density at radius 3 is 2.33 bits per heavy atom. The fourth-order valence-corrected chi connectivity index (χ4v) is 1.02. The Morgan fingerprint density at radius 1 is 1.33 bits per heavy atom. The molecule has 2 N–H and O–H groups in total. The van der Waals surface area contributed by atoms with E-state index < -0.39 is 29.1 Å². The largest absolute Gasteiger partial charge is 0.480 e. The number of rotatable bonds is 2. The Balaban J connectivity index is 3.65. The summed E-state index contributed by atoms with van der Waals surface area (Å²) >= 11 is 0. The highest BCUT2D eigenvalue weighted by Crippen LogP contribution is 1.95. The van der Waals surface area contributed by atoms with Crippen LogP contribution >= 0.6 is 0 Å². The monoisotopic (exact) mass is 215 g/mol. The van der Waals surface area contributed by atoms with Crippen LogP contribution < -0.4 is 17.1 Å². The van der Waals surface area contributed by atoms with Crippen LogP contribution in [0.15, 0.2) is 14.4 Å². The predicted molar refractivity (Wildman–Crippen MR) is 48.9 cm³/mol. The fourth-order valence-electron chi connectivity index (χ4n) is 1.02. The number of nitrogens with zero attached hydrogens (tertiary/aromatic N) is 2. The third-order valence-corrected chi connectivity index (χ3v) is 1.98. The van der Waals surface area contributed by atoms with Gasteiger partial charge in [0.05, 0.1) is 0 Å². The number of carboxylic acids is 1. The Morgan fingerprint density at radius 2 is 1.87 bits per heavy atom. The van der Waals surface area contributed by atoms with E-state index >= 15 is 0 Å². The van der Waals surface area contributed by atoms with Crippen molar-refractivity contribution in [3.05, 3.63) is 31.5 Å². The maximum Gasteiger partial charge on any atom is 0.336 e. The van der Waals surface area contributed by atoms with Gasteiger partial charge in [-0.1, -0.05) is 0 Å². The van der Waals surface area contributed by atoms with Crippen LogP contribution in [0.25, 0.3) is 0 Å². The number of aliphatic carboxylic acids is 1. The minimum absolute atomic E-state index is 0.462. The predicted octanol–water partition coefficient (Wildman–Crippen LogP) is -2.12. The van der Waals surface area contributed by atoms with Crippen LogP contribution in [0.5, 0.6) is 0 Å². The fraction of sp³-hybridized carbons (Fsp3) is 0.429. The van der Waals surface area contributed by atoms with Crippen molar-refractivity contribution >= 4 is 5.97 Å². The molecule has 1 unspecified atom stereocenters. The molecule has 0 bridgehead atoms. The molecule has 1 aromatic heterocycles. The van der Waals surface area contributed by atoms with Gasteiger partial charge in [0.15, 0.2) is 0 Å². The van der Waals surface area contributed by atoms with E-state index in [9.17, 15) is 19.2 Å². The molecule has 0 amide bonds. The molecule has 1 atom stereocenters. The van der Waals surface area contributed by atoms with E-state index in [1.54, 1.807) is 0 Å². The van der Waals surface area contributed by atoms with Crippen molar-refractivity contribution in [2.24, 2.45) is 7.05 Å². The van der Waals surface area contributed by atoms with E-state index in [0.717, 1.165) is 7.05 Å². The summed E-state index contributed by atoms with van der Waals surface area (Å²) in [5.41, 5.74) is -2.87. The smallest absolute Gasteiger partial charge is 0.336 e. The number of hydrogen-bond acceptors (Lipinski definition) is 4. The molecule has 0 spiro atoms. The molecule has 0 fully saturated rings. The molecule has 8 nitrogen and oxygen atoms in total. The van der Waals surface area contributed by atoms with Gasteiger partial charge in [-0.15, -0.1) is 0 Å². The first-order valence-electron chi connectivity index (χ1n) is 4.01. The average molecular weight is 215 g/mol. The summed E-state index contributed by atoms with van der Waals surface area (Å²) in [6.45, 7) is 1.17. The molecule has 1 heterocycles. The van der Waals surface area contributed by atoms with Gasteiger partial charge in [0.1, 0.15) is 6.04 Å². The molecular formula is C7H9N3O5. The zero-order valence-corrected chi connectivity index (χ0v) is 8.05. The molecule has 1 rings (SSSR count). The van der Waals surface area contributed by atoms with Crippen LogP contribution in [0.3, 0.4) is 0 Å². The SMILES string of the molecule is CC(C(=O)O)n1c(=O)[nH]c(=O)n(C)c1=O. The molecule has 82 valence electrons. The van der Waals surface area contributed by atoms with Gasteiger partial charge >= 0.3 is 23.0 Å². The molecule has 0 aliphatic heterocycles. The van der Waals surface area contributed by atoms with Gasteiger partial charge in [0, 0.05) is 7.05 Å². The van der Waals surface area contributed by atoms with Crippen molar-refractivity contribution in [2.75, 3.05) is 0 Å². The first-order chi connectivity index (χ1) is 6.86. The Bertz CT molecular complexity index is 563. The zero-order chi connectivity index (χ0) is 11.7. The van der Waals surface area contributed by atoms with Gasteiger partial charge < -0.3 is 5.11 Å². The highest BCUT2D eigenvalue weighted by molar-refractivity contribution is 5.71. The van der Waals surface area contributed by atoms with Crippen LogP contribution in [0.1, 0.15) is 13.0 Å². The maximum absolute atomic E-state index is 11.4. The van der Waals surface area contributed by atoms with E-state index in [-0.39, 0.29) is 0 Å². The molecular weight excluding hydrogens is 206 g/mol. The Hall–Kier alpha value is -2.12. The van der Waals surface area contributed by atoms with E-state index in [4.69, 9.17) is 5.11 Å². The van der Waals surface area contributed by atoms with Crippen molar-refractivity contribution < 1.29 is 9.90 Å². The number of carboxylic acid groups (broad SMARTS) is 1.